The summed E-state index contributed by atoms with van der Waals surface area (Å²) in [6, 6.07) is 7.36. The van der Waals surface area contributed by atoms with Crippen molar-refractivity contribution >= 4 is 28.2 Å². The molecule has 0 aliphatic carbocycles. The molecule has 6 nitrogen and oxygen atoms in total. The molecule has 138 valence electrons. The summed E-state index contributed by atoms with van der Waals surface area (Å²) >= 11 is 1.48. The lowest BCUT2D eigenvalue weighted by atomic mass is 10.0. The highest BCUT2D eigenvalue weighted by molar-refractivity contribution is 7.17. The predicted octanol–water partition coefficient (Wildman–Crippen LogP) is 0.998. The maximum absolute atomic E-state index is 12.5. The van der Waals surface area contributed by atoms with E-state index in [1.807, 2.05) is 24.3 Å². The largest absolute Gasteiger partial charge is 0.497 e. The Labute approximate surface area is 156 Å². The molecule has 3 rings (SSSR count). The van der Waals surface area contributed by atoms with Crippen molar-refractivity contribution in [3.05, 3.63) is 45.8 Å². The van der Waals surface area contributed by atoms with Crippen molar-refractivity contribution < 1.29 is 19.2 Å². The van der Waals surface area contributed by atoms with Crippen LogP contribution in [0.3, 0.4) is 0 Å². The lowest BCUT2D eigenvalue weighted by molar-refractivity contribution is -0.913. The number of carbonyl (C=O) groups excluding carboxylic acids is 2. The van der Waals surface area contributed by atoms with E-state index in [9.17, 15) is 9.59 Å². The van der Waals surface area contributed by atoms with Crippen LogP contribution >= 0.6 is 11.3 Å². The zero-order valence-corrected chi connectivity index (χ0v) is 15.9. The van der Waals surface area contributed by atoms with Gasteiger partial charge in [-0.2, -0.15) is 0 Å². The van der Waals surface area contributed by atoms with Crippen LogP contribution in [-0.2, 0) is 24.2 Å². The van der Waals surface area contributed by atoms with E-state index in [2.05, 4.69) is 12.2 Å². The van der Waals surface area contributed by atoms with Gasteiger partial charge < -0.3 is 20.7 Å². The van der Waals surface area contributed by atoms with Gasteiger partial charge in [-0.3, -0.25) is 9.59 Å². The van der Waals surface area contributed by atoms with Gasteiger partial charge in [0.1, 0.15) is 17.3 Å². The second-order valence-corrected chi connectivity index (χ2v) is 7.53. The fourth-order valence-corrected chi connectivity index (χ4v) is 4.63. The quantitative estimate of drug-likeness (QED) is 0.705. The van der Waals surface area contributed by atoms with E-state index < -0.39 is 5.91 Å². The molecule has 1 aliphatic rings. The number of rotatable bonds is 6. The summed E-state index contributed by atoms with van der Waals surface area (Å²) in [5.41, 5.74) is 7.99. The third-order valence-corrected chi connectivity index (χ3v) is 5.90. The Morgan fingerprint density at radius 3 is 2.65 bits per heavy atom. The highest BCUT2D eigenvalue weighted by atomic mass is 32.1. The molecule has 0 saturated carbocycles. The van der Waals surface area contributed by atoms with Gasteiger partial charge in [0, 0.05) is 6.42 Å². The molecule has 0 saturated heterocycles. The first kappa shape index (κ1) is 18.4. The smallest absolute Gasteiger partial charge is 0.252 e. The second-order valence-electron chi connectivity index (χ2n) is 6.43. The number of primary amides is 1. The average molecular weight is 374 g/mol. The highest BCUT2D eigenvalue weighted by Gasteiger charge is 2.29. The summed E-state index contributed by atoms with van der Waals surface area (Å²) < 4.78 is 5.12. The van der Waals surface area contributed by atoms with Crippen LogP contribution < -0.4 is 20.7 Å². The summed E-state index contributed by atoms with van der Waals surface area (Å²) in [4.78, 5) is 27.1. The Hall–Kier alpha value is -2.38. The normalized spacial score (nSPS) is 16.0. The van der Waals surface area contributed by atoms with Crippen LogP contribution in [0.5, 0.6) is 5.75 Å². The zero-order chi connectivity index (χ0) is 18.7. The molecule has 2 aromatic rings. The van der Waals surface area contributed by atoms with Crippen molar-refractivity contribution in [2.75, 3.05) is 25.5 Å². The molecule has 0 radical (unpaired) electrons. The molecule has 7 heteroatoms. The summed E-state index contributed by atoms with van der Waals surface area (Å²) in [5.74, 6) is 0.122. The second kappa shape index (κ2) is 7.88. The molecule has 1 aliphatic heterocycles. The standard InChI is InChI=1S/C19H23N3O3S/c1-3-22-9-8-14-15(11-22)26-19(17(14)18(20)24)21-16(23)10-12-4-6-13(25-2)7-5-12/h4-7H,3,8-11H2,1-2H3,(H2,20,24)(H,21,23)/p+1. The van der Waals surface area contributed by atoms with Crippen LogP contribution in [0.4, 0.5) is 5.00 Å². The van der Waals surface area contributed by atoms with Gasteiger partial charge >= 0.3 is 0 Å². The Bertz CT molecular complexity index is 814. The number of likely N-dealkylation sites (N-methyl/N-ethyl adjacent to an activating group) is 1. The molecule has 1 unspecified atom stereocenters. The topological polar surface area (TPSA) is 85.9 Å². The molecule has 0 fully saturated rings. The molecule has 2 amide bonds. The number of anilines is 1. The van der Waals surface area contributed by atoms with E-state index in [1.54, 1.807) is 7.11 Å². The van der Waals surface area contributed by atoms with E-state index in [0.717, 1.165) is 47.8 Å². The molecular weight excluding hydrogens is 350 g/mol. The van der Waals surface area contributed by atoms with Crippen LogP contribution in [0.1, 0.15) is 33.3 Å². The number of quaternary nitrogens is 1. The number of methoxy groups -OCH3 is 1. The van der Waals surface area contributed by atoms with Crippen LogP contribution in [0.15, 0.2) is 24.3 Å². The summed E-state index contributed by atoms with van der Waals surface area (Å²) in [5, 5.41) is 3.48. The number of hydrogen-bond acceptors (Lipinski definition) is 4. The molecule has 1 aromatic carbocycles. The summed E-state index contributed by atoms with van der Waals surface area (Å²) in [6.45, 7) is 5.06. The Kier molecular flexibility index (Phi) is 5.58. The number of benzene rings is 1. The number of carbonyl (C=O) groups is 2. The number of thiophene rings is 1. The van der Waals surface area contributed by atoms with Gasteiger partial charge in [-0.25, -0.2) is 0 Å². The van der Waals surface area contributed by atoms with Gasteiger partial charge in [-0.05, 0) is 30.2 Å². The Morgan fingerprint density at radius 1 is 1.31 bits per heavy atom. The molecule has 0 spiro atoms. The van der Waals surface area contributed by atoms with Gasteiger partial charge in [0.15, 0.2) is 0 Å². The number of nitrogens with two attached hydrogens (primary N) is 1. The SMILES string of the molecule is CC[NH+]1CCc2c(sc(NC(=O)Cc3ccc(OC)cc3)c2C(N)=O)C1. The summed E-state index contributed by atoms with van der Waals surface area (Å²) in [6.07, 6.45) is 1.05. The van der Waals surface area contributed by atoms with E-state index >= 15 is 0 Å². The van der Waals surface area contributed by atoms with Gasteiger partial charge in [0.05, 0.1) is 37.1 Å². The van der Waals surface area contributed by atoms with Crippen LogP contribution in [-0.4, -0.2) is 32.0 Å². The van der Waals surface area contributed by atoms with E-state index in [0.29, 0.717) is 10.6 Å². The predicted molar refractivity (Wildman–Crippen MR) is 102 cm³/mol. The lowest BCUT2D eigenvalue weighted by Crippen LogP contribution is -3.11. The van der Waals surface area contributed by atoms with Gasteiger partial charge in [-0.15, -0.1) is 11.3 Å². The van der Waals surface area contributed by atoms with E-state index in [1.165, 1.54) is 16.2 Å². The minimum atomic E-state index is -0.470. The van der Waals surface area contributed by atoms with Crippen molar-refractivity contribution in [1.29, 1.82) is 0 Å². The van der Waals surface area contributed by atoms with Crippen molar-refractivity contribution in [2.24, 2.45) is 5.73 Å². The van der Waals surface area contributed by atoms with Crippen molar-refractivity contribution in [3.8, 4) is 5.75 Å². The summed E-state index contributed by atoms with van der Waals surface area (Å²) in [7, 11) is 1.60. The third kappa shape index (κ3) is 3.89. The first-order valence-electron chi connectivity index (χ1n) is 8.72. The fourth-order valence-electron chi connectivity index (χ4n) is 3.29. The molecule has 4 N–H and O–H groups in total. The first-order chi connectivity index (χ1) is 12.5. The Morgan fingerprint density at radius 2 is 2.04 bits per heavy atom. The van der Waals surface area contributed by atoms with E-state index in [4.69, 9.17) is 10.5 Å². The molecule has 2 heterocycles. The van der Waals surface area contributed by atoms with Crippen LogP contribution in [0.2, 0.25) is 0 Å². The third-order valence-electron chi connectivity index (χ3n) is 4.75. The average Bonchev–Trinajstić information content (AvgIpc) is 2.99. The maximum Gasteiger partial charge on any atom is 0.252 e. The fraction of sp³-hybridized carbons (Fsp3) is 0.368. The van der Waals surface area contributed by atoms with Crippen LogP contribution in [0, 0.1) is 0 Å². The van der Waals surface area contributed by atoms with Gasteiger partial charge in [-0.1, -0.05) is 12.1 Å². The number of hydrogen-bond donors (Lipinski definition) is 3. The minimum absolute atomic E-state index is 0.157. The van der Waals surface area contributed by atoms with Crippen molar-refractivity contribution in [3.63, 3.8) is 0 Å². The van der Waals surface area contributed by atoms with Crippen molar-refractivity contribution in [2.45, 2.75) is 26.3 Å². The molecular formula is C19H24N3O3S+. The zero-order valence-electron chi connectivity index (χ0n) is 15.1. The van der Waals surface area contributed by atoms with Crippen molar-refractivity contribution in [1.82, 2.24) is 0 Å². The highest BCUT2D eigenvalue weighted by Crippen LogP contribution is 2.34. The van der Waals surface area contributed by atoms with Crippen LogP contribution in [0.25, 0.3) is 0 Å². The molecule has 0 bridgehead atoms. The number of nitrogens with one attached hydrogen (secondary N) is 2. The number of fused-ring (bicyclic) bond motifs is 1. The monoisotopic (exact) mass is 374 g/mol. The minimum Gasteiger partial charge on any atom is -0.497 e. The molecule has 26 heavy (non-hydrogen) atoms. The van der Waals surface area contributed by atoms with Gasteiger partial charge in [0.25, 0.3) is 5.91 Å². The van der Waals surface area contributed by atoms with E-state index in [-0.39, 0.29) is 12.3 Å². The number of ether oxygens (including phenoxy) is 1. The van der Waals surface area contributed by atoms with Gasteiger partial charge in [0.2, 0.25) is 5.91 Å². The molecule has 1 atom stereocenters. The lowest BCUT2D eigenvalue weighted by Gasteiger charge is -2.22. The first-order valence-corrected chi connectivity index (χ1v) is 9.54. The maximum atomic E-state index is 12.5. The number of amides is 2. The molecule has 1 aromatic heterocycles. The Balaban J connectivity index is 1.77.